The average Bonchev–Trinajstić information content (AvgIpc) is 2.87. The fourth-order valence-corrected chi connectivity index (χ4v) is 3.45. The Hall–Kier alpha value is -3.27. The van der Waals surface area contributed by atoms with Gasteiger partial charge in [-0.25, -0.2) is 0 Å². The van der Waals surface area contributed by atoms with E-state index in [4.69, 9.17) is 4.74 Å². The average molecular weight is 388 g/mol. The Morgan fingerprint density at radius 2 is 1.72 bits per heavy atom. The van der Waals surface area contributed by atoms with E-state index in [-0.39, 0.29) is 17.3 Å². The molecule has 4 heteroatoms. The van der Waals surface area contributed by atoms with E-state index in [9.17, 15) is 14.4 Å². The molecule has 1 aliphatic rings. The molecule has 0 amide bonds. The van der Waals surface area contributed by atoms with Gasteiger partial charge in [-0.3, -0.25) is 14.4 Å². The normalized spacial score (nSPS) is 15.1. The van der Waals surface area contributed by atoms with Crippen LogP contribution < -0.4 is 0 Å². The Morgan fingerprint density at radius 3 is 2.34 bits per heavy atom. The molecule has 0 saturated heterocycles. The zero-order valence-electron chi connectivity index (χ0n) is 17.0. The zero-order chi connectivity index (χ0) is 21.0. The van der Waals surface area contributed by atoms with Gasteiger partial charge in [-0.2, -0.15) is 0 Å². The van der Waals surface area contributed by atoms with Crippen LogP contribution >= 0.6 is 0 Å². The second kappa shape index (κ2) is 8.82. The standard InChI is InChI=1S/C25H24O4/c1-4-22(27)19-12-11-18-13-20(16(3)26)15-23(28)24(21(18)14-19)25(29-5-2)17-9-7-6-8-10-17/h6-12,14-15H,4-5,13H2,1-3H3/b25-24-. The zero-order valence-corrected chi connectivity index (χ0v) is 17.0. The third-order valence-electron chi connectivity index (χ3n) is 4.96. The first-order chi connectivity index (χ1) is 14.0. The first-order valence-electron chi connectivity index (χ1n) is 9.81. The Balaban J connectivity index is 2.35. The van der Waals surface area contributed by atoms with Crippen LogP contribution in [-0.4, -0.2) is 24.0 Å². The van der Waals surface area contributed by atoms with Gasteiger partial charge in [0.25, 0.3) is 0 Å². The maximum atomic E-state index is 13.3. The number of allylic oxidation sites excluding steroid dienone is 3. The summed E-state index contributed by atoms with van der Waals surface area (Å²) in [4.78, 5) is 37.7. The number of benzene rings is 2. The molecule has 0 N–H and O–H groups in total. The smallest absolute Gasteiger partial charge is 0.190 e. The Bertz CT molecular complexity index is 1030. The molecule has 4 nitrogen and oxygen atoms in total. The lowest BCUT2D eigenvalue weighted by Crippen LogP contribution is -2.07. The summed E-state index contributed by atoms with van der Waals surface area (Å²) in [6, 6.07) is 14.8. The quantitative estimate of drug-likeness (QED) is 0.404. The fraction of sp³-hybridized carbons (Fsp3) is 0.240. The highest BCUT2D eigenvalue weighted by Gasteiger charge is 2.27. The van der Waals surface area contributed by atoms with Gasteiger partial charge in [-0.15, -0.1) is 0 Å². The number of rotatable bonds is 6. The van der Waals surface area contributed by atoms with Crippen molar-refractivity contribution in [1.29, 1.82) is 0 Å². The van der Waals surface area contributed by atoms with Crippen LogP contribution in [0.3, 0.4) is 0 Å². The van der Waals surface area contributed by atoms with Crippen molar-refractivity contribution < 1.29 is 19.1 Å². The molecule has 0 aromatic heterocycles. The van der Waals surface area contributed by atoms with Gasteiger partial charge in [0.2, 0.25) is 0 Å². The van der Waals surface area contributed by atoms with Gasteiger partial charge in [0.1, 0.15) is 5.76 Å². The molecule has 0 unspecified atom stereocenters. The van der Waals surface area contributed by atoms with E-state index < -0.39 is 0 Å². The maximum absolute atomic E-state index is 13.3. The summed E-state index contributed by atoms with van der Waals surface area (Å²) in [7, 11) is 0. The van der Waals surface area contributed by atoms with Crippen LogP contribution in [0.4, 0.5) is 0 Å². The minimum Gasteiger partial charge on any atom is -0.492 e. The molecule has 1 aliphatic carbocycles. The van der Waals surface area contributed by atoms with Crippen LogP contribution in [-0.2, 0) is 20.7 Å². The van der Waals surface area contributed by atoms with Crippen molar-refractivity contribution in [3.05, 3.63) is 82.4 Å². The molecule has 3 rings (SSSR count). The third-order valence-corrected chi connectivity index (χ3v) is 4.96. The van der Waals surface area contributed by atoms with Crippen molar-refractivity contribution in [3.63, 3.8) is 0 Å². The number of hydrogen-bond donors (Lipinski definition) is 0. The van der Waals surface area contributed by atoms with Crippen molar-refractivity contribution in [2.24, 2.45) is 0 Å². The second-order valence-corrected chi connectivity index (χ2v) is 6.92. The minimum atomic E-state index is -0.289. The van der Waals surface area contributed by atoms with Gasteiger partial charge in [-0.05, 0) is 37.1 Å². The number of hydrogen-bond acceptors (Lipinski definition) is 4. The minimum absolute atomic E-state index is 0.00117. The molecule has 0 fully saturated rings. The number of ketones is 3. The Kier molecular flexibility index (Phi) is 6.23. The SMILES string of the molecule is CCO/C(=C1\C(=O)C=C(C(C)=O)Cc2ccc(C(=O)CC)cc21)c1ccccc1. The van der Waals surface area contributed by atoms with E-state index in [0.29, 0.717) is 47.5 Å². The van der Waals surface area contributed by atoms with Crippen LogP contribution in [0.25, 0.3) is 11.3 Å². The summed E-state index contributed by atoms with van der Waals surface area (Å²) in [5, 5.41) is 0. The topological polar surface area (TPSA) is 60.4 Å². The van der Waals surface area contributed by atoms with E-state index in [2.05, 4.69) is 0 Å². The third kappa shape index (κ3) is 4.27. The molecule has 0 spiro atoms. The molecule has 0 bridgehead atoms. The van der Waals surface area contributed by atoms with E-state index >= 15 is 0 Å². The van der Waals surface area contributed by atoms with Crippen molar-refractivity contribution >= 4 is 28.7 Å². The van der Waals surface area contributed by atoms with Crippen LogP contribution in [0.15, 0.2) is 60.2 Å². The van der Waals surface area contributed by atoms with Crippen molar-refractivity contribution in [3.8, 4) is 0 Å². The molecule has 0 radical (unpaired) electrons. The number of fused-ring (bicyclic) bond motifs is 1. The molecular weight excluding hydrogens is 364 g/mol. The molecule has 29 heavy (non-hydrogen) atoms. The Labute approximate surface area is 170 Å². The van der Waals surface area contributed by atoms with E-state index in [1.165, 1.54) is 13.0 Å². The largest absolute Gasteiger partial charge is 0.492 e. The van der Waals surface area contributed by atoms with Crippen molar-refractivity contribution in [1.82, 2.24) is 0 Å². The van der Waals surface area contributed by atoms with Crippen molar-refractivity contribution in [2.75, 3.05) is 6.61 Å². The van der Waals surface area contributed by atoms with Gasteiger partial charge in [-0.1, -0.05) is 49.4 Å². The van der Waals surface area contributed by atoms with Gasteiger partial charge in [0, 0.05) is 29.5 Å². The summed E-state index contributed by atoms with van der Waals surface area (Å²) in [6.07, 6.45) is 2.12. The Morgan fingerprint density at radius 1 is 1.00 bits per heavy atom. The van der Waals surface area contributed by atoms with Gasteiger partial charge < -0.3 is 4.74 Å². The fourth-order valence-electron chi connectivity index (χ4n) is 3.45. The molecule has 0 aliphatic heterocycles. The molecular formula is C25H24O4. The van der Waals surface area contributed by atoms with Gasteiger partial charge in [0.15, 0.2) is 17.3 Å². The summed E-state index contributed by atoms with van der Waals surface area (Å²) in [5.41, 5.74) is 3.63. The predicted molar refractivity (Wildman–Crippen MR) is 113 cm³/mol. The van der Waals surface area contributed by atoms with Gasteiger partial charge in [0.05, 0.1) is 12.2 Å². The maximum Gasteiger partial charge on any atom is 0.190 e. The molecule has 0 atom stereocenters. The van der Waals surface area contributed by atoms with Crippen molar-refractivity contribution in [2.45, 2.75) is 33.6 Å². The molecule has 0 saturated carbocycles. The van der Waals surface area contributed by atoms with Crippen LogP contribution in [0.1, 0.15) is 54.2 Å². The molecule has 2 aromatic rings. The lowest BCUT2D eigenvalue weighted by atomic mass is 9.91. The summed E-state index contributed by atoms with van der Waals surface area (Å²) in [6.45, 7) is 5.51. The van der Waals surface area contributed by atoms with Gasteiger partial charge >= 0.3 is 0 Å². The van der Waals surface area contributed by atoms with E-state index in [1.807, 2.05) is 43.3 Å². The summed E-state index contributed by atoms with van der Waals surface area (Å²) in [5.74, 6) is 0.0297. The lowest BCUT2D eigenvalue weighted by molar-refractivity contribution is -0.114. The highest BCUT2D eigenvalue weighted by atomic mass is 16.5. The number of ether oxygens (including phenoxy) is 1. The number of carbonyl (C=O) groups is 3. The first kappa shape index (κ1) is 20.5. The highest BCUT2D eigenvalue weighted by Crippen LogP contribution is 2.35. The molecule has 2 aromatic carbocycles. The predicted octanol–water partition coefficient (Wildman–Crippen LogP) is 4.82. The van der Waals surface area contributed by atoms with E-state index in [1.54, 1.807) is 19.1 Å². The number of Topliss-reactive ketones (excluding diaryl/α,β-unsaturated/α-hetero) is 2. The summed E-state index contributed by atoms with van der Waals surface area (Å²) >= 11 is 0. The highest BCUT2D eigenvalue weighted by molar-refractivity contribution is 6.33. The number of carbonyl (C=O) groups excluding carboxylic acids is 3. The summed E-state index contributed by atoms with van der Waals surface area (Å²) < 4.78 is 5.93. The van der Waals surface area contributed by atoms with Crippen LogP contribution in [0.2, 0.25) is 0 Å². The molecule has 148 valence electrons. The van der Waals surface area contributed by atoms with Crippen LogP contribution in [0, 0.1) is 0 Å². The van der Waals surface area contributed by atoms with E-state index in [0.717, 1.165) is 11.1 Å². The van der Waals surface area contributed by atoms with Crippen LogP contribution in [0.5, 0.6) is 0 Å². The second-order valence-electron chi connectivity index (χ2n) is 6.92. The first-order valence-corrected chi connectivity index (χ1v) is 9.81. The molecule has 0 heterocycles. The monoisotopic (exact) mass is 388 g/mol. The lowest BCUT2D eigenvalue weighted by Gasteiger charge is -2.17.